The Labute approximate surface area is 135 Å². The summed E-state index contributed by atoms with van der Waals surface area (Å²) in [6.45, 7) is 3.71. The number of carbonyl (C=O) groups is 1. The van der Waals surface area contributed by atoms with Crippen LogP contribution in [0.5, 0.6) is 0 Å². The number of nitrogens with two attached hydrogens (primary N) is 2. The van der Waals surface area contributed by atoms with Crippen molar-refractivity contribution in [2.45, 2.75) is 6.54 Å². The van der Waals surface area contributed by atoms with Crippen molar-refractivity contribution in [2.75, 3.05) is 33.4 Å². The number of carbonyl (C=O) groups excluding carboxylic acids is 1. The van der Waals surface area contributed by atoms with E-state index in [1.54, 1.807) is 12.1 Å². The minimum absolute atomic E-state index is 0.219. The minimum Gasteiger partial charge on any atom is -0.465 e. The molecule has 23 heavy (non-hydrogen) atoms. The van der Waals surface area contributed by atoms with E-state index in [0.717, 1.165) is 43.3 Å². The number of hydrogen-bond donors (Lipinski definition) is 3. The van der Waals surface area contributed by atoms with Gasteiger partial charge in [0.25, 0.3) is 0 Å². The van der Waals surface area contributed by atoms with Gasteiger partial charge in [-0.3, -0.25) is 0 Å². The second-order valence-electron chi connectivity index (χ2n) is 5.21. The molecule has 1 aromatic carbocycles. The third kappa shape index (κ3) is 5.21. The Kier molecular flexibility index (Phi) is 6.80. The van der Waals surface area contributed by atoms with Crippen molar-refractivity contribution in [1.82, 2.24) is 0 Å². The van der Waals surface area contributed by atoms with Gasteiger partial charge in [-0.25, -0.2) is 4.79 Å². The van der Waals surface area contributed by atoms with Gasteiger partial charge in [0.2, 0.25) is 0 Å². The smallest absolute Gasteiger partial charge is 0.337 e. The number of benzene rings is 1. The zero-order valence-electron chi connectivity index (χ0n) is 13.3. The van der Waals surface area contributed by atoms with Gasteiger partial charge in [-0.2, -0.15) is 0 Å². The predicted molar refractivity (Wildman–Crippen MR) is 84.7 cm³/mol. The van der Waals surface area contributed by atoms with E-state index in [1.165, 1.54) is 7.11 Å². The van der Waals surface area contributed by atoms with E-state index in [4.69, 9.17) is 9.52 Å². The first-order chi connectivity index (χ1) is 11.2. The van der Waals surface area contributed by atoms with Gasteiger partial charge in [-0.1, -0.05) is 12.1 Å². The molecular weight excluding hydrogens is 296 g/mol. The fourth-order valence-electron chi connectivity index (χ4n) is 2.25. The Bertz CT molecular complexity index is 607. The lowest BCUT2D eigenvalue weighted by Crippen LogP contribution is -2.94. The first-order valence-electron chi connectivity index (χ1n) is 7.76. The Morgan fingerprint density at radius 1 is 1.09 bits per heavy atom. The van der Waals surface area contributed by atoms with E-state index >= 15 is 0 Å². The molecule has 2 aromatic rings. The van der Waals surface area contributed by atoms with E-state index in [0.29, 0.717) is 5.56 Å². The summed E-state index contributed by atoms with van der Waals surface area (Å²) >= 11 is 0. The highest BCUT2D eigenvalue weighted by Gasteiger charge is 2.09. The molecule has 0 amide bonds. The molecule has 2 rings (SSSR count). The van der Waals surface area contributed by atoms with Crippen LogP contribution < -0.4 is 10.6 Å². The summed E-state index contributed by atoms with van der Waals surface area (Å²) in [6, 6.07) is 11.1. The average molecular weight is 320 g/mol. The third-order valence-electron chi connectivity index (χ3n) is 3.51. The number of furan rings is 1. The molecule has 1 heterocycles. The molecule has 0 spiro atoms. The first-order valence-corrected chi connectivity index (χ1v) is 7.76. The maximum atomic E-state index is 11.4. The summed E-state index contributed by atoms with van der Waals surface area (Å²) in [5.41, 5.74) is 1.45. The quantitative estimate of drug-likeness (QED) is 0.423. The molecule has 1 aromatic heterocycles. The molecule has 6 nitrogen and oxygen atoms in total. The van der Waals surface area contributed by atoms with Gasteiger partial charge in [0.1, 0.15) is 25.4 Å². The van der Waals surface area contributed by atoms with Crippen LogP contribution in [0.25, 0.3) is 11.3 Å². The zero-order chi connectivity index (χ0) is 16.5. The molecule has 0 bridgehead atoms. The van der Waals surface area contributed by atoms with Crippen molar-refractivity contribution >= 4 is 5.97 Å². The fraction of sp³-hybridized carbons (Fsp3) is 0.353. The van der Waals surface area contributed by atoms with Crippen LogP contribution in [0.4, 0.5) is 0 Å². The number of ether oxygens (including phenoxy) is 1. The van der Waals surface area contributed by atoms with E-state index in [1.807, 2.05) is 24.3 Å². The van der Waals surface area contributed by atoms with Crippen LogP contribution in [0.3, 0.4) is 0 Å². The summed E-state index contributed by atoms with van der Waals surface area (Å²) in [5, 5.41) is 13.0. The van der Waals surface area contributed by atoms with E-state index in [2.05, 4.69) is 15.4 Å². The maximum absolute atomic E-state index is 11.4. The van der Waals surface area contributed by atoms with Crippen LogP contribution in [0.1, 0.15) is 16.1 Å². The molecule has 0 atom stereocenters. The summed E-state index contributed by atoms with van der Waals surface area (Å²) in [5.74, 6) is 1.36. The van der Waals surface area contributed by atoms with E-state index in [-0.39, 0.29) is 12.6 Å². The molecule has 0 aliphatic carbocycles. The topological polar surface area (TPSA) is 92.9 Å². The van der Waals surface area contributed by atoms with Crippen LogP contribution in [0.2, 0.25) is 0 Å². The summed E-state index contributed by atoms with van der Waals surface area (Å²) in [4.78, 5) is 11.4. The normalized spacial score (nSPS) is 10.7. The standard InChI is InChI=1S/C17H22N2O4/c1-22-17(21)14-4-2-13(3-5-14)16-7-6-15(23-16)12-19-9-8-18-10-11-20/h2-7,18-20H,8-12H2,1H3/p+2. The Morgan fingerprint density at radius 2 is 1.83 bits per heavy atom. The lowest BCUT2D eigenvalue weighted by Gasteiger charge is -2.01. The third-order valence-corrected chi connectivity index (χ3v) is 3.51. The van der Waals surface area contributed by atoms with Crippen molar-refractivity contribution in [3.63, 3.8) is 0 Å². The van der Waals surface area contributed by atoms with Crippen LogP contribution in [0.15, 0.2) is 40.8 Å². The maximum Gasteiger partial charge on any atom is 0.337 e. The molecule has 5 N–H and O–H groups in total. The number of esters is 1. The van der Waals surface area contributed by atoms with Crippen LogP contribution >= 0.6 is 0 Å². The monoisotopic (exact) mass is 320 g/mol. The Balaban J connectivity index is 1.85. The highest BCUT2D eigenvalue weighted by Crippen LogP contribution is 2.22. The van der Waals surface area contributed by atoms with E-state index in [9.17, 15) is 4.79 Å². The molecule has 0 aliphatic rings. The van der Waals surface area contributed by atoms with Gasteiger partial charge < -0.3 is 24.9 Å². The Hall–Kier alpha value is -2.15. The molecule has 0 aliphatic heterocycles. The van der Waals surface area contributed by atoms with Crippen molar-refractivity contribution < 1.29 is 29.7 Å². The molecule has 0 unspecified atom stereocenters. The van der Waals surface area contributed by atoms with Gasteiger partial charge in [0.05, 0.1) is 25.8 Å². The van der Waals surface area contributed by atoms with Gasteiger partial charge >= 0.3 is 5.97 Å². The van der Waals surface area contributed by atoms with Crippen LogP contribution in [0, 0.1) is 0 Å². The second kappa shape index (κ2) is 9.09. The largest absolute Gasteiger partial charge is 0.465 e. The second-order valence-corrected chi connectivity index (χ2v) is 5.21. The van der Waals surface area contributed by atoms with Crippen molar-refractivity contribution in [2.24, 2.45) is 0 Å². The fourth-order valence-corrected chi connectivity index (χ4v) is 2.25. The van der Waals surface area contributed by atoms with E-state index < -0.39 is 0 Å². The number of aliphatic hydroxyl groups is 1. The zero-order valence-corrected chi connectivity index (χ0v) is 13.3. The highest BCUT2D eigenvalue weighted by atomic mass is 16.5. The van der Waals surface area contributed by atoms with Crippen molar-refractivity contribution in [3.8, 4) is 11.3 Å². The number of quaternary nitrogens is 2. The van der Waals surface area contributed by atoms with Crippen molar-refractivity contribution in [3.05, 3.63) is 47.7 Å². The molecule has 6 heteroatoms. The van der Waals surface area contributed by atoms with Crippen molar-refractivity contribution in [1.29, 1.82) is 0 Å². The number of methoxy groups -OCH3 is 1. The molecule has 0 fully saturated rings. The SMILES string of the molecule is COC(=O)c1ccc(-c2ccc(C[NH2+]CC[NH2+]CCO)o2)cc1. The summed E-state index contributed by atoms with van der Waals surface area (Å²) < 4.78 is 10.5. The molecule has 124 valence electrons. The summed E-state index contributed by atoms with van der Waals surface area (Å²) in [6.07, 6.45) is 0. The summed E-state index contributed by atoms with van der Waals surface area (Å²) in [7, 11) is 1.37. The van der Waals surface area contributed by atoms with Gasteiger partial charge in [0.15, 0.2) is 5.76 Å². The Morgan fingerprint density at radius 3 is 2.52 bits per heavy atom. The molecule has 0 saturated carbocycles. The predicted octanol–water partition coefficient (Wildman–Crippen LogP) is -0.648. The first kappa shape index (κ1) is 17.2. The lowest BCUT2D eigenvalue weighted by molar-refractivity contribution is -0.732. The van der Waals surface area contributed by atoms with Gasteiger partial charge in [0, 0.05) is 5.56 Å². The molecule has 0 radical (unpaired) electrons. The molecule has 0 saturated heterocycles. The van der Waals surface area contributed by atoms with Crippen LogP contribution in [-0.2, 0) is 11.3 Å². The number of rotatable bonds is 9. The lowest BCUT2D eigenvalue weighted by atomic mass is 10.1. The van der Waals surface area contributed by atoms with Gasteiger partial charge in [-0.05, 0) is 24.3 Å². The van der Waals surface area contributed by atoms with Gasteiger partial charge in [-0.15, -0.1) is 0 Å². The number of hydrogen-bond acceptors (Lipinski definition) is 4. The number of aliphatic hydroxyl groups excluding tert-OH is 1. The van der Waals surface area contributed by atoms with Crippen LogP contribution in [-0.4, -0.2) is 44.4 Å². The highest BCUT2D eigenvalue weighted by molar-refractivity contribution is 5.89. The minimum atomic E-state index is -0.343. The molecular formula is C17H24N2O4+2. The average Bonchev–Trinajstić information content (AvgIpc) is 3.06.